The maximum Gasteiger partial charge on any atom is 0.339 e. The van der Waals surface area contributed by atoms with E-state index in [9.17, 15) is 4.79 Å². The molecule has 2 heterocycles. The molecule has 114 valence electrons. The van der Waals surface area contributed by atoms with Gasteiger partial charge in [0.2, 0.25) is 0 Å². The van der Waals surface area contributed by atoms with Gasteiger partial charge in [-0.1, -0.05) is 18.2 Å². The Labute approximate surface area is 132 Å². The smallest absolute Gasteiger partial charge is 0.339 e. The summed E-state index contributed by atoms with van der Waals surface area (Å²) < 4.78 is 8.61. The fraction of sp³-hybridized carbons (Fsp3) is 0.111. The number of methoxy groups -OCH3 is 1. The molecule has 4 rings (SSSR count). The first kappa shape index (κ1) is 13.6. The van der Waals surface area contributed by atoms with Crippen molar-refractivity contribution in [3.63, 3.8) is 0 Å². The predicted molar refractivity (Wildman–Crippen MR) is 89.6 cm³/mol. The highest BCUT2D eigenvalue weighted by Crippen LogP contribution is 2.22. The molecule has 0 fully saturated rings. The molecule has 0 saturated carbocycles. The minimum Gasteiger partial charge on any atom is -0.497 e. The second-order valence-corrected chi connectivity index (χ2v) is 5.38. The van der Waals surface area contributed by atoms with E-state index >= 15 is 0 Å². The van der Waals surface area contributed by atoms with Crippen LogP contribution in [-0.4, -0.2) is 21.1 Å². The van der Waals surface area contributed by atoms with Crippen LogP contribution in [-0.2, 0) is 0 Å². The lowest BCUT2D eigenvalue weighted by molar-refractivity contribution is 0.415. The van der Waals surface area contributed by atoms with Gasteiger partial charge in [0.05, 0.1) is 24.0 Å². The summed E-state index contributed by atoms with van der Waals surface area (Å²) in [4.78, 5) is 17.5. The van der Waals surface area contributed by atoms with Gasteiger partial charge in [0.1, 0.15) is 5.75 Å². The van der Waals surface area contributed by atoms with E-state index < -0.39 is 0 Å². The number of imidazole rings is 1. The highest BCUT2D eigenvalue weighted by molar-refractivity contribution is 5.82. The van der Waals surface area contributed by atoms with Crippen molar-refractivity contribution in [1.82, 2.24) is 14.0 Å². The van der Waals surface area contributed by atoms with Gasteiger partial charge in [-0.05, 0) is 31.2 Å². The van der Waals surface area contributed by atoms with Crippen molar-refractivity contribution in [2.24, 2.45) is 0 Å². The number of benzene rings is 2. The molecule has 5 heteroatoms. The second kappa shape index (κ2) is 4.98. The average molecular weight is 305 g/mol. The van der Waals surface area contributed by atoms with E-state index in [1.165, 1.54) is 0 Å². The molecule has 23 heavy (non-hydrogen) atoms. The molecule has 2 aromatic carbocycles. The minimum atomic E-state index is -0.130. The summed E-state index contributed by atoms with van der Waals surface area (Å²) in [7, 11) is 1.61. The number of hydrogen-bond acceptors (Lipinski definition) is 3. The van der Waals surface area contributed by atoms with E-state index in [4.69, 9.17) is 4.74 Å². The van der Waals surface area contributed by atoms with Crippen molar-refractivity contribution < 1.29 is 4.74 Å². The maximum absolute atomic E-state index is 13.0. The molecule has 0 N–H and O–H groups in total. The van der Waals surface area contributed by atoms with E-state index in [1.807, 2.05) is 55.5 Å². The number of nitrogens with zero attached hydrogens (tertiary/aromatic N) is 3. The summed E-state index contributed by atoms with van der Waals surface area (Å²) in [5.41, 5.74) is 2.95. The summed E-state index contributed by atoms with van der Waals surface area (Å²) in [5.74, 6) is 0.710. The average Bonchev–Trinajstić information content (AvgIpc) is 2.86. The molecule has 0 spiro atoms. The zero-order valence-corrected chi connectivity index (χ0v) is 12.9. The summed E-state index contributed by atoms with van der Waals surface area (Å²) >= 11 is 0. The van der Waals surface area contributed by atoms with Crippen molar-refractivity contribution >= 4 is 16.6 Å². The molecule has 0 aliphatic heterocycles. The monoisotopic (exact) mass is 305 g/mol. The van der Waals surface area contributed by atoms with Crippen LogP contribution in [0.5, 0.6) is 5.75 Å². The van der Waals surface area contributed by atoms with Crippen LogP contribution >= 0.6 is 0 Å². The normalized spacial score (nSPS) is 11.2. The quantitative estimate of drug-likeness (QED) is 0.572. The van der Waals surface area contributed by atoms with Crippen LogP contribution in [0.3, 0.4) is 0 Å². The SMILES string of the molecule is COc1ccc2cnc3c(C)n(-c4ccccc4)c(=O)n3c2c1. The first-order chi connectivity index (χ1) is 11.2. The van der Waals surface area contributed by atoms with Gasteiger partial charge in [-0.3, -0.25) is 4.57 Å². The maximum atomic E-state index is 13.0. The largest absolute Gasteiger partial charge is 0.497 e. The van der Waals surface area contributed by atoms with Crippen molar-refractivity contribution in [2.45, 2.75) is 6.92 Å². The van der Waals surface area contributed by atoms with E-state index in [0.717, 1.165) is 22.3 Å². The fourth-order valence-corrected chi connectivity index (χ4v) is 2.93. The van der Waals surface area contributed by atoms with Crippen LogP contribution in [0.25, 0.3) is 22.2 Å². The number of ether oxygens (including phenoxy) is 1. The molecule has 0 amide bonds. The van der Waals surface area contributed by atoms with Crippen LogP contribution < -0.4 is 10.4 Å². The van der Waals surface area contributed by atoms with Crippen LogP contribution in [0, 0.1) is 6.92 Å². The molecular formula is C18H15N3O2. The molecule has 0 radical (unpaired) electrons. The lowest BCUT2D eigenvalue weighted by Gasteiger charge is -2.04. The Morgan fingerprint density at radius 3 is 2.61 bits per heavy atom. The summed E-state index contributed by atoms with van der Waals surface area (Å²) in [6.07, 6.45) is 1.78. The van der Waals surface area contributed by atoms with Gasteiger partial charge in [-0.25, -0.2) is 14.2 Å². The van der Waals surface area contributed by atoms with Gasteiger partial charge in [0, 0.05) is 17.6 Å². The molecule has 0 unspecified atom stereocenters. The zero-order valence-electron chi connectivity index (χ0n) is 12.9. The third-order valence-corrected chi connectivity index (χ3v) is 4.07. The van der Waals surface area contributed by atoms with Crippen LogP contribution in [0.15, 0.2) is 59.5 Å². The molecule has 4 aromatic rings. The number of rotatable bonds is 2. The molecule has 0 atom stereocenters. The lowest BCUT2D eigenvalue weighted by atomic mass is 10.2. The molecule has 0 aliphatic rings. The van der Waals surface area contributed by atoms with E-state index in [-0.39, 0.29) is 5.69 Å². The molecule has 0 saturated heterocycles. The van der Waals surface area contributed by atoms with Crippen molar-refractivity contribution in [2.75, 3.05) is 7.11 Å². The number of aromatic nitrogens is 3. The predicted octanol–water partition coefficient (Wildman–Crippen LogP) is 2.96. The number of hydrogen-bond donors (Lipinski definition) is 0. The Hall–Kier alpha value is -3.08. The molecule has 0 aliphatic carbocycles. The van der Waals surface area contributed by atoms with Gasteiger partial charge >= 0.3 is 5.69 Å². The Balaban J connectivity index is 2.16. The molecule has 0 bridgehead atoms. The molecular weight excluding hydrogens is 290 g/mol. The molecule has 2 aromatic heterocycles. The fourth-order valence-electron chi connectivity index (χ4n) is 2.93. The number of fused-ring (bicyclic) bond motifs is 3. The summed E-state index contributed by atoms with van der Waals surface area (Å²) in [5, 5.41) is 0.894. The van der Waals surface area contributed by atoms with Crippen LogP contribution in [0.1, 0.15) is 5.69 Å². The van der Waals surface area contributed by atoms with E-state index in [2.05, 4.69) is 4.98 Å². The van der Waals surface area contributed by atoms with Crippen LogP contribution in [0.4, 0.5) is 0 Å². The first-order valence-electron chi connectivity index (χ1n) is 7.33. The van der Waals surface area contributed by atoms with Crippen molar-refractivity contribution in [3.05, 3.63) is 70.9 Å². The van der Waals surface area contributed by atoms with E-state index in [1.54, 1.807) is 22.3 Å². The van der Waals surface area contributed by atoms with Gasteiger partial charge in [0.25, 0.3) is 0 Å². The summed E-state index contributed by atoms with van der Waals surface area (Å²) in [6.45, 7) is 1.91. The lowest BCUT2D eigenvalue weighted by Crippen LogP contribution is -2.19. The Kier molecular flexibility index (Phi) is 2.94. The summed E-state index contributed by atoms with van der Waals surface area (Å²) in [6, 6.07) is 15.2. The van der Waals surface area contributed by atoms with Crippen LogP contribution in [0.2, 0.25) is 0 Å². The van der Waals surface area contributed by atoms with Gasteiger partial charge < -0.3 is 4.74 Å². The standard InChI is InChI=1S/C18H15N3O2/c1-12-17-19-11-13-8-9-15(23-2)10-16(13)21(17)18(22)20(12)14-6-4-3-5-7-14/h3-11H,1-2H3. The minimum absolute atomic E-state index is 0.130. The molecule has 5 nitrogen and oxygen atoms in total. The first-order valence-corrected chi connectivity index (χ1v) is 7.33. The van der Waals surface area contributed by atoms with Crippen molar-refractivity contribution in [1.29, 1.82) is 0 Å². The highest BCUT2D eigenvalue weighted by atomic mass is 16.5. The third-order valence-electron chi connectivity index (χ3n) is 4.07. The van der Waals surface area contributed by atoms with Crippen molar-refractivity contribution in [3.8, 4) is 11.4 Å². The van der Waals surface area contributed by atoms with Gasteiger partial charge in [-0.2, -0.15) is 0 Å². The number of para-hydroxylation sites is 1. The Morgan fingerprint density at radius 1 is 1.09 bits per heavy atom. The number of aryl methyl sites for hydroxylation is 1. The van der Waals surface area contributed by atoms with E-state index in [0.29, 0.717) is 11.4 Å². The highest BCUT2D eigenvalue weighted by Gasteiger charge is 2.15. The van der Waals surface area contributed by atoms with Gasteiger partial charge in [0.15, 0.2) is 5.65 Å². The zero-order chi connectivity index (χ0) is 16.0. The topological polar surface area (TPSA) is 48.5 Å². The van der Waals surface area contributed by atoms with Gasteiger partial charge in [-0.15, -0.1) is 0 Å². The third kappa shape index (κ3) is 1.93. The Morgan fingerprint density at radius 2 is 1.87 bits per heavy atom. The second-order valence-electron chi connectivity index (χ2n) is 5.38. The Bertz CT molecular complexity index is 1080.